The molecule has 2 aromatic carbocycles. The maximum absolute atomic E-state index is 5.94. The minimum Gasteiger partial charge on any atom is -0.497 e. The van der Waals surface area contributed by atoms with E-state index in [4.69, 9.17) is 9.47 Å². The molecule has 0 aliphatic carbocycles. The van der Waals surface area contributed by atoms with Gasteiger partial charge in [-0.1, -0.05) is 18.2 Å². The number of imidazole rings is 1. The Labute approximate surface area is 194 Å². The van der Waals surface area contributed by atoms with Gasteiger partial charge >= 0.3 is 0 Å². The number of aliphatic imine (C=N–C) groups is 1. The molecule has 7 nitrogen and oxygen atoms in total. The van der Waals surface area contributed by atoms with Crippen molar-refractivity contribution in [2.75, 3.05) is 27.2 Å². The molecule has 1 atom stereocenters. The summed E-state index contributed by atoms with van der Waals surface area (Å²) in [4.78, 5) is 8.90. The van der Waals surface area contributed by atoms with Crippen molar-refractivity contribution in [2.45, 2.75) is 26.5 Å². The van der Waals surface area contributed by atoms with Gasteiger partial charge in [-0.05, 0) is 38.1 Å². The SMILES string of the molecule is CN=C(NCCn1c(C)nc2ccccc21)NCC(C)Oc1cccc(OC)c1.I. The molecule has 0 amide bonds. The Morgan fingerprint density at radius 1 is 1.13 bits per heavy atom. The van der Waals surface area contributed by atoms with E-state index in [0.29, 0.717) is 6.54 Å². The highest BCUT2D eigenvalue weighted by Gasteiger charge is 2.08. The lowest BCUT2D eigenvalue weighted by Gasteiger charge is -2.18. The number of nitrogens with one attached hydrogen (secondary N) is 2. The van der Waals surface area contributed by atoms with E-state index >= 15 is 0 Å². The van der Waals surface area contributed by atoms with Crippen molar-refractivity contribution in [2.24, 2.45) is 4.99 Å². The van der Waals surface area contributed by atoms with E-state index in [1.165, 1.54) is 0 Å². The summed E-state index contributed by atoms with van der Waals surface area (Å²) in [6.45, 7) is 6.23. The number of aromatic nitrogens is 2. The molecule has 3 rings (SSSR count). The zero-order valence-corrected chi connectivity index (χ0v) is 20.2. The first-order valence-electron chi connectivity index (χ1n) is 9.78. The first-order chi connectivity index (χ1) is 14.1. The number of rotatable bonds is 8. The van der Waals surface area contributed by atoms with Crippen LogP contribution in [0.2, 0.25) is 0 Å². The lowest BCUT2D eigenvalue weighted by Crippen LogP contribution is -2.42. The topological polar surface area (TPSA) is 72.7 Å². The zero-order chi connectivity index (χ0) is 20.6. The molecule has 1 unspecified atom stereocenters. The highest BCUT2D eigenvalue weighted by atomic mass is 127. The average molecular weight is 523 g/mol. The average Bonchev–Trinajstić information content (AvgIpc) is 3.05. The Bertz CT molecular complexity index is 973. The molecule has 0 aliphatic heterocycles. The number of benzene rings is 2. The fraction of sp³-hybridized carbons (Fsp3) is 0.364. The van der Waals surface area contributed by atoms with Crippen molar-refractivity contribution < 1.29 is 9.47 Å². The summed E-state index contributed by atoms with van der Waals surface area (Å²) in [6.07, 6.45) is -0.0273. The van der Waals surface area contributed by atoms with Gasteiger partial charge in [0.25, 0.3) is 0 Å². The highest BCUT2D eigenvalue weighted by molar-refractivity contribution is 14.0. The van der Waals surface area contributed by atoms with Crippen molar-refractivity contribution in [1.82, 2.24) is 20.2 Å². The first-order valence-corrected chi connectivity index (χ1v) is 9.78. The van der Waals surface area contributed by atoms with Gasteiger partial charge in [0.05, 0.1) is 24.7 Å². The number of nitrogens with zero attached hydrogens (tertiary/aromatic N) is 3. The Morgan fingerprint density at radius 3 is 2.67 bits per heavy atom. The van der Waals surface area contributed by atoms with Gasteiger partial charge in [-0.3, -0.25) is 4.99 Å². The summed E-state index contributed by atoms with van der Waals surface area (Å²) in [7, 11) is 3.41. The quantitative estimate of drug-likeness (QED) is 0.268. The summed E-state index contributed by atoms with van der Waals surface area (Å²) < 4.78 is 13.4. The lowest BCUT2D eigenvalue weighted by molar-refractivity contribution is 0.223. The van der Waals surface area contributed by atoms with Crippen molar-refractivity contribution in [3.63, 3.8) is 0 Å². The molecule has 0 radical (unpaired) electrons. The molecule has 1 heterocycles. The van der Waals surface area contributed by atoms with Crippen LogP contribution < -0.4 is 20.1 Å². The van der Waals surface area contributed by atoms with E-state index in [0.717, 1.165) is 47.4 Å². The summed E-state index contributed by atoms with van der Waals surface area (Å²) in [5.74, 6) is 3.32. The molecular formula is C22H30IN5O2. The minimum atomic E-state index is -0.0273. The summed E-state index contributed by atoms with van der Waals surface area (Å²) in [6, 6.07) is 15.8. The number of para-hydroxylation sites is 2. The molecule has 0 bridgehead atoms. The van der Waals surface area contributed by atoms with Crippen molar-refractivity contribution in [3.05, 3.63) is 54.4 Å². The van der Waals surface area contributed by atoms with Crippen LogP contribution in [-0.2, 0) is 6.54 Å². The van der Waals surface area contributed by atoms with Gasteiger partial charge in [-0.2, -0.15) is 0 Å². The second kappa shape index (κ2) is 11.6. The van der Waals surface area contributed by atoms with E-state index in [9.17, 15) is 0 Å². The van der Waals surface area contributed by atoms with Crippen LogP contribution in [0.25, 0.3) is 11.0 Å². The van der Waals surface area contributed by atoms with Crippen LogP contribution in [0.15, 0.2) is 53.5 Å². The van der Waals surface area contributed by atoms with Crippen LogP contribution in [-0.4, -0.2) is 48.9 Å². The Hall–Kier alpha value is -2.49. The van der Waals surface area contributed by atoms with Gasteiger partial charge in [-0.15, -0.1) is 24.0 Å². The van der Waals surface area contributed by atoms with E-state index in [1.807, 2.05) is 56.3 Å². The van der Waals surface area contributed by atoms with Crippen molar-refractivity contribution in [1.29, 1.82) is 0 Å². The van der Waals surface area contributed by atoms with Crippen LogP contribution in [0.1, 0.15) is 12.7 Å². The third-order valence-corrected chi connectivity index (χ3v) is 4.63. The predicted molar refractivity (Wildman–Crippen MR) is 132 cm³/mol. The molecule has 162 valence electrons. The summed E-state index contributed by atoms with van der Waals surface area (Å²) in [5.41, 5.74) is 2.17. The largest absolute Gasteiger partial charge is 0.497 e. The number of hydrogen-bond acceptors (Lipinski definition) is 4. The molecule has 0 fully saturated rings. The summed E-state index contributed by atoms with van der Waals surface area (Å²) in [5, 5.41) is 6.66. The summed E-state index contributed by atoms with van der Waals surface area (Å²) >= 11 is 0. The van der Waals surface area contributed by atoms with E-state index in [2.05, 4.69) is 31.2 Å². The number of hydrogen-bond donors (Lipinski definition) is 2. The van der Waals surface area contributed by atoms with Gasteiger partial charge in [-0.25, -0.2) is 4.98 Å². The fourth-order valence-corrected chi connectivity index (χ4v) is 3.17. The van der Waals surface area contributed by atoms with Crippen LogP contribution >= 0.6 is 24.0 Å². The van der Waals surface area contributed by atoms with Crippen LogP contribution in [0, 0.1) is 6.92 Å². The van der Waals surface area contributed by atoms with Gasteiger partial charge in [0.15, 0.2) is 5.96 Å². The van der Waals surface area contributed by atoms with Gasteiger partial charge in [0, 0.05) is 26.2 Å². The molecule has 30 heavy (non-hydrogen) atoms. The molecule has 0 saturated carbocycles. The van der Waals surface area contributed by atoms with Crippen LogP contribution in [0.3, 0.4) is 0 Å². The van der Waals surface area contributed by atoms with Gasteiger partial charge in [0.2, 0.25) is 0 Å². The molecule has 0 aliphatic rings. The molecule has 8 heteroatoms. The van der Waals surface area contributed by atoms with E-state index in [1.54, 1.807) is 14.2 Å². The molecule has 0 saturated heterocycles. The maximum atomic E-state index is 5.94. The minimum absolute atomic E-state index is 0. The first kappa shape index (κ1) is 23.8. The lowest BCUT2D eigenvalue weighted by atomic mass is 10.3. The third-order valence-electron chi connectivity index (χ3n) is 4.63. The van der Waals surface area contributed by atoms with Crippen molar-refractivity contribution >= 4 is 41.0 Å². The second-order valence-corrected chi connectivity index (χ2v) is 6.79. The van der Waals surface area contributed by atoms with Gasteiger partial charge < -0.3 is 24.7 Å². The number of halogens is 1. The highest BCUT2D eigenvalue weighted by Crippen LogP contribution is 2.19. The van der Waals surface area contributed by atoms with E-state index in [-0.39, 0.29) is 30.1 Å². The predicted octanol–water partition coefficient (Wildman–Crippen LogP) is 3.60. The second-order valence-electron chi connectivity index (χ2n) is 6.79. The smallest absolute Gasteiger partial charge is 0.191 e. The van der Waals surface area contributed by atoms with E-state index < -0.39 is 0 Å². The van der Waals surface area contributed by atoms with Gasteiger partial charge in [0.1, 0.15) is 23.4 Å². The maximum Gasteiger partial charge on any atom is 0.191 e. The number of methoxy groups -OCH3 is 1. The van der Waals surface area contributed by atoms with Crippen LogP contribution in [0.5, 0.6) is 11.5 Å². The number of guanidine groups is 1. The monoisotopic (exact) mass is 523 g/mol. The Morgan fingerprint density at radius 2 is 1.90 bits per heavy atom. The zero-order valence-electron chi connectivity index (χ0n) is 17.9. The molecule has 1 aromatic heterocycles. The third kappa shape index (κ3) is 6.25. The normalized spacial score (nSPS) is 12.2. The number of aryl methyl sites for hydroxylation is 1. The Kier molecular flexibility index (Phi) is 9.22. The molecule has 2 N–H and O–H groups in total. The fourth-order valence-electron chi connectivity index (χ4n) is 3.17. The molecule has 0 spiro atoms. The number of fused-ring (bicyclic) bond motifs is 1. The molecular weight excluding hydrogens is 493 g/mol. The van der Waals surface area contributed by atoms with Crippen molar-refractivity contribution in [3.8, 4) is 11.5 Å². The van der Waals surface area contributed by atoms with Crippen LogP contribution in [0.4, 0.5) is 0 Å². The molecule has 3 aromatic rings. The number of ether oxygens (including phenoxy) is 2. The Balaban J connectivity index is 0.00000320. The standard InChI is InChI=1S/C22H29N5O2.HI/c1-16(29-19-9-7-8-18(14-19)28-4)15-25-22(23-3)24-12-13-27-17(2)26-20-10-5-6-11-21(20)27;/h5-11,14,16H,12-13,15H2,1-4H3,(H2,23,24,25);1H.